The molecule has 1 aliphatic rings. The summed E-state index contributed by atoms with van der Waals surface area (Å²) < 4.78 is 2.04. The first-order valence-corrected chi connectivity index (χ1v) is 7.46. The SMILES string of the molecule is NC(=NCCCn1ccnc1)Nc1ccc2c(c1)CCC2. The van der Waals surface area contributed by atoms with E-state index in [9.17, 15) is 0 Å². The lowest BCUT2D eigenvalue weighted by Crippen LogP contribution is -2.23. The molecule has 0 unspecified atom stereocenters. The Bertz CT molecular complexity index is 616. The number of aliphatic imine (C=N–C) groups is 1. The highest BCUT2D eigenvalue weighted by Gasteiger charge is 2.10. The van der Waals surface area contributed by atoms with Gasteiger partial charge in [-0.3, -0.25) is 4.99 Å². The number of nitrogens with one attached hydrogen (secondary N) is 1. The zero-order valence-corrected chi connectivity index (χ0v) is 12.1. The van der Waals surface area contributed by atoms with E-state index < -0.39 is 0 Å². The molecule has 5 heteroatoms. The predicted molar refractivity (Wildman–Crippen MR) is 85.4 cm³/mol. The molecule has 0 saturated heterocycles. The zero-order chi connectivity index (χ0) is 14.5. The lowest BCUT2D eigenvalue weighted by Gasteiger charge is -2.08. The van der Waals surface area contributed by atoms with Gasteiger partial charge in [0.05, 0.1) is 6.33 Å². The van der Waals surface area contributed by atoms with Crippen molar-refractivity contribution in [2.75, 3.05) is 11.9 Å². The lowest BCUT2D eigenvalue weighted by atomic mass is 10.1. The molecule has 0 bridgehead atoms. The first-order chi connectivity index (χ1) is 10.3. The predicted octanol–water partition coefficient (Wildman–Crippen LogP) is 2.19. The molecule has 0 spiro atoms. The Balaban J connectivity index is 1.48. The first kappa shape index (κ1) is 13.7. The summed E-state index contributed by atoms with van der Waals surface area (Å²) >= 11 is 0. The van der Waals surface area contributed by atoms with Gasteiger partial charge in [0.1, 0.15) is 0 Å². The van der Waals surface area contributed by atoms with Crippen LogP contribution in [-0.2, 0) is 19.4 Å². The zero-order valence-electron chi connectivity index (χ0n) is 12.1. The average molecular weight is 283 g/mol. The molecule has 0 radical (unpaired) electrons. The monoisotopic (exact) mass is 283 g/mol. The molecule has 1 aromatic carbocycles. The Kier molecular flexibility index (Phi) is 4.19. The van der Waals surface area contributed by atoms with E-state index in [1.807, 2.05) is 17.1 Å². The fourth-order valence-corrected chi connectivity index (χ4v) is 2.71. The molecule has 0 atom stereocenters. The molecule has 110 valence electrons. The van der Waals surface area contributed by atoms with Crippen molar-refractivity contribution < 1.29 is 0 Å². The van der Waals surface area contributed by atoms with Crippen LogP contribution in [0.1, 0.15) is 24.0 Å². The normalized spacial score (nSPS) is 14.2. The van der Waals surface area contributed by atoms with Crippen LogP contribution >= 0.6 is 0 Å². The minimum atomic E-state index is 0.485. The van der Waals surface area contributed by atoms with Crippen molar-refractivity contribution >= 4 is 11.6 Å². The second-order valence-electron chi connectivity index (χ2n) is 5.38. The Labute approximate surface area is 124 Å². The van der Waals surface area contributed by atoms with E-state index in [4.69, 9.17) is 5.73 Å². The van der Waals surface area contributed by atoms with Crippen LogP contribution < -0.4 is 11.1 Å². The van der Waals surface area contributed by atoms with Gasteiger partial charge in [-0.15, -0.1) is 0 Å². The summed E-state index contributed by atoms with van der Waals surface area (Å²) in [6, 6.07) is 6.46. The van der Waals surface area contributed by atoms with Crippen LogP contribution in [-0.4, -0.2) is 22.1 Å². The van der Waals surface area contributed by atoms with Crippen molar-refractivity contribution in [1.82, 2.24) is 9.55 Å². The third-order valence-electron chi connectivity index (χ3n) is 3.79. The highest BCUT2D eigenvalue weighted by molar-refractivity contribution is 5.92. The topological polar surface area (TPSA) is 68.2 Å². The second-order valence-corrected chi connectivity index (χ2v) is 5.38. The number of fused-ring (bicyclic) bond motifs is 1. The Morgan fingerprint density at radius 3 is 3.10 bits per heavy atom. The lowest BCUT2D eigenvalue weighted by molar-refractivity contribution is 0.650. The van der Waals surface area contributed by atoms with Crippen LogP contribution in [0.4, 0.5) is 5.69 Å². The summed E-state index contributed by atoms with van der Waals surface area (Å²) in [5, 5.41) is 3.17. The largest absolute Gasteiger partial charge is 0.370 e. The molecule has 0 amide bonds. The minimum Gasteiger partial charge on any atom is -0.370 e. The highest BCUT2D eigenvalue weighted by Crippen LogP contribution is 2.24. The summed E-state index contributed by atoms with van der Waals surface area (Å²) in [7, 11) is 0. The van der Waals surface area contributed by atoms with E-state index >= 15 is 0 Å². The number of guanidine groups is 1. The second kappa shape index (κ2) is 6.43. The summed E-state index contributed by atoms with van der Waals surface area (Å²) in [6.07, 6.45) is 10.1. The summed E-state index contributed by atoms with van der Waals surface area (Å²) in [5.74, 6) is 0.485. The van der Waals surface area contributed by atoms with Crippen LogP contribution in [0.5, 0.6) is 0 Å². The number of rotatable bonds is 5. The molecule has 0 aliphatic heterocycles. The maximum atomic E-state index is 5.93. The van der Waals surface area contributed by atoms with Crippen LogP contribution in [0, 0.1) is 0 Å². The van der Waals surface area contributed by atoms with Gasteiger partial charge in [0.25, 0.3) is 0 Å². The number of hydrogen-bond donors (Lipinski definition) is 2. The van der Waals surface area contributed by atoms with Gasteiger partial charge in [0, 0.05) is 31.2 Å². The number of aryl methyl sites for hydroxylation is 3. The number of benzene rings is 1. The highest BCUT2D eigenvalue weighted by atomic mass is 15.1. The van der Waals surface area contributed by atoms with Gasteiger partial charge in [0.15, 0.2) is 5.96 Å². The molecule has 1 aliphatic carbocycles. The molecule has 3 rings (SSSR count). The minimum absolute atomic E-state index is 0.485. The molecule has 21 heavy (non-hydrogen) atoms. The number of anilines is 1. The summed E-state index contributed by atoms with van der Waals surface area (Å²) in [5.41, 5.74) is 9.87. The van der Waals surface area contributed by atoms with Gasteiger partial charge < -0.3 is 15.6 Å². The van der Waals surface area contributed by atoms with Gasteiger partial charge in [-0.05, 0) is 48.9 Å². The number of hydrogen-bond acceptors (Lipinski definition) is 2. The van der Waals surface area contributed by atoms with E-state index in [1.165, 1.54) is 30.4 Å². The van der Waals surface area contributed by atoms with Gasteiger partial charge in [-0.25, -0.2) is 4.98 Å². The smallest absolute Gasteiger partial charge is 0.193 e. The molecule has 5 nitrogen and oxygen atoms in total. The number of nitrogens with two attached hydrogens (primary N) is 1. The van der Waals surface area contributed by atoms with Crippen molar-refractivity contribution in [3.63, 3.8) is 0 Å². The summed E-state index contributed by atoms with van der Waals surface area (Å²) in [4.78, 5) is 8.37. The third-order valence-corrected chi connectivity index (χ3v) is 3.79. The number of imidazole rings is 1. The van der Waals surface area contributed by atoms with Crippen molar-refractivity contribution in [3.8, 4) is 0 Å². The van der Waals surface area contributed by atoms with E-state index in [2.05, 4.69) is 33.5 Å². The van der Waals surface area contributed by atoms with E-state index in [0.29, 0.717) is 12.5 Å². The Morgan fingerprint density at radius 1 is 1.33 bits per heavy atom. The van der Waals surface area contributed by atoms with E-state index in [-0.39, 0.29) is 0 Å². The standard InChI is InChI=1S/C16H21N5/c17-16(19-7-2-9-21-10-8-18-12-21)20-15-6-5-13-3-1-4-14(13)11-15/h5-6,8,10-12H,1-4,7,9H2,(H3,17,19,20). The van der Waals surface area contributed by atoms with Crippen molar-refractivity contribution in [2.24, 2.45) is 10.7 Å². The van der Waals surface area contributed by atoms with Gasteiger partial charge in [-0.2, -0.15) is 0 Å². The number of nitrogens with zero attached hydrogens (tertiary/aromatic N) is 3. The molecule has 2 aromatic rings. The van der Waals surface area contributed by atoms with Gasteiger partial charge >= 0.3 is 0 Å². The molecular formula is C16H21N5. The van der Waals surface area contributed by atoms with Crippen LogP contribution in [0.15, 0.2) is 41.9 Å². The molecular weight excluding hydrogens is 262 g/mol. The molecule has 1 aromatic heterocycles. The molecule has 1 heterocycles. The third kappa shape index (κ3) is 3.62. The van der Waals surface area contributed by atoms with Gasteiger partial charge in [-0.1, -0.05) is 6.07 Å². The maximum absolute atomic E-state index is 5.93. The van der Waals surface area contributed by atoms with Crippen molar-refractivity contribution in [3.05, 3.63) is 48.0 Å². The van der Waals surface area contributed by atoms with Crippen LogP contribution in [0.25, 0.3) is 0 Å². The maximum Gasteiger partial charge on any atom is 0.193 e. The quantitative estimate of drug-likeness (QED) is 0.502. The van der Waals surface area contributed by atoms with Crippen molar-refractivity contribution in [2.45, 2.75) is 32.2 Å². The fourth-order valence-electron chi connectivity index (χ4n) is 2.71. The first-order valence-electron chi connectivity index (χ1n) is 7.46. The van der Waals surface area contributed by atoms with Crippen LogP contribution in [0.3, 0.4) is 0 Å². The van der Waals surface area contributed by atoms with Crippen LogP contribution in [0.2, 0.25) is 0 Å². The Morgan fingerprint density at radius 2 is 2.24 bits per heavy atom. The molecule has 0 fully saturated rings. The van der Waals surface area contributed by atoms with E-state index in [0.717, 1.165) is 18.7 Å². The molecule has 0 saturated carbocycles. The summed E-state index contributed by atoms with van der Waals surface area (Å²) in [6.45, 7) is 1.62. The van der Waals surface area contributed by atoms with Crippen molar-refractivity contribution in [1.29, 1.82) is 0 Å². The fraction of sp³-hybridized carbons (Fsp3) is 0.375. The van der Waals surface area contributed by atoms with Gasteiger partial charge in [0.2, 0.25) is 0 Å². The van der Waals surface area contributed by atoms with E-state index in [1.54, 1.807) is 6.20 Å². The molecule has 3 N–H and O–H groups in total. The number of aromatic nitrogens is 2. The average Bonchev–Trinajstić information content (AvgIpc) is 3.14. The Hall–Kier alpha value is -2.30.